The molecule has 1 fully saturated rings. The second-order valence-corrected chi connectivity index (χ2v) is 6.80. The van der Waals surface area contributed by atoms with E-state index in [4.69, 9.17) is 4.74 Å². The van der Waals surface area contributed by atoms with Crippen LogP contribution in [-0.2, 0) is 9.53 Å². The van der Waals surface area contributed by atoms with Gasteiger partial charge in [0.15, 0.2) is 0 Å². The van der Waals surface area contributed by atoms with Crippen molar-refractivity contribution in [3.05, 3.63) is 35.9 Å². The van der Waals surface area contributed by atoms with E-state index >= 15 is 0 Å². The maximum atomic E-state index is 12.2. The van der Waals surface area contributed by atoms with Crippen LogP contribution >= 0.6 is 0 Å². The van der Waals surface area contributed by atoms with E-state index in [2.05, 4.69) is 17.2 Å². The van der Waals surface area contributed by atoms with Gasteiger partial charge in [-0.05, 0) is 39.3 Å². The fourth-order valence-electron chi connectivity index (χ4n) is 2.41. The molecule has 1 heterocycles. The third-order valence-electron chi connectivity index (χ3n) is 3.57. The van der Waals surface area contributed by atoms with E-state index in [1.165, 1.54) is 0 Å². The van der Waals surface area contributed by atoms with Crippen LogP contribution in [0.15, 0.2) is 30.3 Å². The minimum atomic E-state index is -0.523. The first-order valence-corrected chi connectivity index (χ1v) is 8.15. The van der Waals surface area contributed by atoms with Crippen LogP contribution in [0.4, 0.5) is 4.79 Å². The molecule has 1 saturated heterocycles. The number of rotatable bonds is 2. The number of likely N-dealkylation sites (tertiary alicyclic amines) is 1. The van der Waals surface area contributed by atoms with Crippen LogP contribution in [0.1, 0.15) is 32.8 Å². The maximum Gasteiger partial charge on any atom is 0.410 e. The topological polar surface area (TPSA) is 58.6 Å². The Balaban J connectivity index is 1.76. The summed E-state index contributed by atoms with van der Waals surface area (Å²) in [5.74, 6) is 5.66. The predicted octanol–water partition coefficient (Wildman–Crippen LogP) is 2.41. The van der Waals surface area contributed by atoms with Crippen molar-refractivity contribution in [3.63, 3.8) is 0 Å². The Morgan fingerprint density at radius 3 is 2.67 bits per heavy atom. The molecule has 1 unspecified atom stereocenters. The fraction of sp³-hybridized carbons (Fsp3) is 0.474. The van der Waals surface area contributed by atoms with Crippen LogP contribution in [0, 0.1) is 17.8 Å². The van der Waals surface area contributed by atoms with Gasteiger partial charge in [0, 0.05) is 18.7 Å². The van der Waals surface area contributed by atoms with Gasteiger partial charge in [0.25, 0.3) is 0 Å². The highest BCUT2D eigenvalue weighted by Crippen LogP contribution is 2.19. The van der Waals surface area contributed by atoms with Crippen molar-refractivity contribution in [3.8, 4) is 11.8 Å². The van der Waals surface area contributed by atoms with Crippen molar-refractivity contribution in [2.24, 2.45) is 5.92 Å². The van der Waals surface area contributed by atoms with Crippen molar-refractivity contribution >= 4 is 12.0 Å². The Labute approximate surface area is 143 Å². The molecule has 1 aromatic rings. The van der Waals surface area contributed by atoms with Crippen LogP contribution in [-0.4, -0.2) is 42.1 Å². The van der Waals surface area contributed by atoms with Gasteiger partial charge >= 0.3 is 6.09 Å². The Morgan fingerprint density at radius 1 is 1.29 bits per heavy atom. The Morgan fingerprint density at radius 2 is 2.00 bits per heavy atom. The van der Waals surface area contributed by atoms with Crippen LogP contribution in [0.2, 0.25) is 0 Å². The van der Waals surface area contributed by atoms with E-state index < -0.39 is 5.60 Å². The zero-order valence-electron chi connectivity index (χ0n) is 14.5. The summed E-state index contributed by atoms with van der Waals surface area (Å²) in [4.78, 5) is 25.7. The van der Waals surface area contributed by atoms with E-state index in [-0.39, 0.29) is 17.9 Å². The molecule has 5 nitrogen and oxygen atoms in total. The van der Waals surface area contributed by atoms with Gasteiger partial charge in [0.05, 0.1) is 12.5 Å². The molecule has 1 N–H and O–H groups in total. The number of ether oxygens (including phenoxy) is 1. The van der Waals surface area contributed by atoms with Gasteiger partial charge in [-0.25, -0.2) is 4.79 Å². The average Bonchev–Trinajstić information content (AvgIpc) is 3.01. The first-order chi connectivity index (χ1) is 11.3. The molecule has 1 aromatic carbocycles. The van der Waals surface area contributed by atoms with E-state index in [1.54, 1.807) is 4.90 Å². The molecular weight excluding hydrogens is 304 g/mol. The molecule has 1 aliphatic rings. The second kappa shape index (κ2) is 7.87. The fourth-order valence-corrected chi connectivity index (χ4v) is 2.41. The standard InChI is InChI=1S/C19H24N2O3/c1-19(2,3)24-18(23)21-13-11-16(14-21)17(22)20-12-7-10-15-8-5-4-6-9-15/h4-6,8-9,16H,11-14H2,1-3H3,(H,20,22). The number of benzene rings is 1. The SMILES string of the molecule is CC(C)(C)OC(=O)N1CCC(C(=O)NCC#Cc2ccccc2)C1. The highest BCUT2D eigenvalue weighted by Gasteiger charge is 2.33. The molecule has 0 aromatic heterocycles. The summed E-state index contributed by atoms with van der Waals surface area (Å²) in [7, 11) is 0. The van der Waals surface area contributed by atoms with Gasteiger partial charge < -0.3 is 15.0 Å². The van der Waals surface area contributed by atoms with Crippen molar-refractivity contribution < 1.29 is 14.3 Å². The zero-order chi connectivity index (χ0) is 17.6. The molecule has 1 atom stereocenters. The van der Waals surface area contributed by atoms with E-state index in [0.29, 0.717) is 26.1 Å². The monoisotopic (exact) mass is 328 g/mol. The minimum absolute atomic E-state index is 0.0663. The lowest BCUT2D eigenvalue weighted by Crippen LogP contribution is -2.37. The first-order valence-electron chi connectivity index (χ1n) is 8.15. The van der Waals surface area contributed by atoms with Crippen molar-refractivity contribution in [1.29, 1.82) is 0 Å². The normalized spacial score (nSPS) is 17.0. The first kappa shape index (κ1) is 17.9. The molecule has 0 spiro atoms. The maximum absolute atomic E-state index is 12.2. The average molecular weight is 328 g/mol. The number of hydrogen-bond donors (Lipinski definition) is 1. The van der Waals surface area contributed by atoms with Gasteiger partial charge in [-0.2, -0.15) is 0 Å². The Hall–Kier alpha value is -2.48. The second-order valence-electron chi connectivity index (χ2n) is 6.80. The molecular formula is C19H24N2O3. The summed E-state index contributed by atoms with van der Waals surface area (Å²) in [5, 5.41) is 2.81. The third-order valence-corrected chi connectivity index (χ3v) is 3.57. The largest absolute Gasteiger partial charge is 0.444 e. The van der Waals surface area contributed by atoms with Crippen molar-refractivity contribution in [2.45, 2.75) is 32.8 Å². The van der Waals surface area contributed by atoms with Crippen LogP contribution in [0.5, 0.6) is 0 Å². The lowest BCUT2D eigenvalue weighted by atomic mass is 10.1. The molecule has 24 heavy (non-hydrogen) atoms. The summed E-state index contributed by atoms with van der Waals surface area (Å²) in [6, 6.07) is 9.62. The molecule has 0 aliphatic carbocycles. The molecule has 0 bridgehead atoms. The number of nitrogens with zero attached hydrogens (tertiary/aromatic N) is 1. The Kier molecular flexibility index (Phi) is 5.86. The smallest absolute Gasteiger partial charge is 0.410 e. The minimum Gasteiger partial charge on any atom is -0.444 e. The summed E-state index contributed by atoms with van der Waals surface area (Å²) in [6.45, 7) is 6.73. The van der Waals surface area contributed by atoms with E-state index in [9.17, 15) is 9.59 Å². The third kappa shape index (κ3) is 5.62. The molecule has 0 saturated carbocycles. The summed E-state index contributed by atoms with van der Waals surface area (Å²) in [5.41, 5.74) is 0.397. The highest BCUT2D eigenvalue weighted by atomic mass is 16.6. The highest BCUT2D eigenvalue weighted by molar-refractivity contribution is 5.80. The Bertz CT molecular complexity index is 638. The number of amides is 2. The molecule has 0 radical (unpaired) electrons. The zero-order valence-corrected chi connectivity index (χ0v) is 14.5. The van der Waals surface area contributed by atoms with E-state index in [1.807, 2.05) is 51.1 Å². The molecule has 5 heteroatoms. The van der Waals surface area contributed by atoms with Gasteiger partial charge in [0.1, 0.15) is 5.60 Å². The number of nitrogens with one attached hydrogen (secondary N) is 1. The molecule has 2 amide bonds. The van der Waals surface area contributed by atoms with Gasteiger partial charge in [-0.1, -0.05) is 30.0 Å². The van der Waals surface area contributed by atoms with Crippen LogP contribution in [0.3, 0.4) is 0 Å². The van der Waals surface area contributed by atoms with Crippen molar-refractivity contribution in [2.75, 3.05) is 19.6 Å². The number of carbonyl (C=O) groups is 2. The van der Waals surface area contributed by atoms with Gasteiger partial charge in [-0.15, -0.1) is 0 Å². The summed E-state index contributed by atoms with van der Waals surface area (Å²) >= 11 is 0. The van der Waals surface area contributed by atoms with Crippen LogP contribution in [0.25, 0.3) is 0 Å². The molecule has 1 aliphatic heterocycles. The lowest BCUT2D eigenvalue weighted by molar-refractivity contribution is -0.124. The number of carbonyl (C=O) groups excluding carboxylic acids is 2. The van der Waals surface area contributed by atoms with Crippen LogP contribution < -0.4 is 5.32 Å². The van der Waals surface area contributed by atoms with E-state index in [0.717, 1.165) is 5.56 Å². The quantitative estimate of drug-likeness (QED) is 0.848. The lowest BCUT2D eigenvalue weighted by Gasteiger charge is -2.24. The number of hydrogen-bond acceptors (Lipinski definition) is 3. The predicted molar refractivity (Wildman–Crippen MR) is 92.2 cm³/mol. The summed E-state index contributed by atoms with van der Waals surface area (Å²) in [6.07, 6.45) is 0.290. The van der Waals surface area contributed by atoms with Gasteiger partial charge in [0.2, 0.25) is 5.91 Å². The van der Waals surface area contributed by atoms with Crippen molar-refractivity contribution in [1.82, 2.24) is 10.2 Å². The molecule has 2 rings (SSSR count). The molecule has 128 valence electrons. The van der Waals surface area contributed by atoms with Gasteiger partial charge in [-0.3, -0.25) is 4.79 Å². The summed E-state index contributed by atoms with van der Waals surface area (Å²) < 4.78 is 5.33.